The molecule has 3 aromatic rings. The fourth-order valence-corrected chi connectivity index (χ4v) is 2.72. The quantitative estimate of drug-likeness (QED) is 0.437. The number of fused-ring (bicyclic) bond motifs is 1. The maximum atomic E-state index is 13.3. The van der Waals surface area contributed by atoms with E-state index in [0.29, 0.717) is 11.3 Å². The minimum absolute atomic E-state index is 0.267. The standard InChI is InChI=1S/C16H15FN2OS/c1-21-13-5-2-10(3-6-13)16(19-18)15-9-11-8-12(17)4-7-14(11)20-15/h2-9,16,19H,18H2,1H3. The molecule has 0 amide bonds. The van der Waals surface area contributed by atoms with Gasteiger partial charge in [-0.05, 0) is 48.2 Å². The highest BCUT2D eigenvalue weighted by atomic mass is 32.2. The average molecular weight is 302 g/mol. The molecule has 2 aromatic carbocycles. The molecule has 5 heteroatoms. The lowest BCUT2D eigenvalue weighted by Crippen LogP contribution is -2.28. The lowest BCUT2D eigenvalue weighted by molar-refractivity contribution is 0.477. The van der Waals surface area contributed by atoms with Crippen LogP contribution >= 0.6 is 11.8 Å². The van der Waals surface area contributed by atoms with Crippen molar-refractivity contribution in [2.75, 3.05) is 6.26 Å². The maximum absolute atomic E-state index is 13.3. The zero-order valence-electron chi connectivity index (χ0n) is 11.5. The van der Waals surface area contributed by atoms with Crippen molar-refractivity contribution in [3.8, 4) is 0 Å². The number of hydrogen-bond acceptors (Lipinski definition) is 4. The van der Waals surface area contributed by atoms with E-state index in [2.05, 4.69) is 5.43 Å². The largest absolute Gasteiger partial charge is 0.459 e. The van der Waals surface area contributed by atoms with Crippen molar-refractivity contribution in [2.45, 2.75) is 10.9 Å². The number of nitrogens with one attached hydrogen (secondary N) is 1. The molecule has 21 heavy (non-hydrogen) atoms. The van der Waals surface area contributed by atoms with Gasteiger partial charge in [0.1, 0.15) is 23.2 Å². The van der Waals surface area contributed by atoms with Crippen molar-refractivity contribution in [2.24, 2.45) is 5.84 Å². The summed E-state index contributed by atoms with van der Waals surface area (Å²) in [7, 11) is 0. The Balaban J connectivity index is 2.00. The predicted molar refractivity (Wildman–Crippen MR) is 83.6 cm³/mol. The van der Waals surface area contributed by atoms with Gasteiger partial charge in [-0.1, -0.05) is 12.1 Å². The summed E-state index contributed by atoms with van der Waals surface area (Å²) in [4.78, 5) is 1.18. The summed E-state index contributed by atoms with van der Waals surface area (Å²) in [6, 6.07) is 14.1. The van der Waals surface area contributed by atoms with Gasteiger partial charge in [-0.3, -0.25) is 5.84 Å². The second-order valence-electron chi connectivity index (χ2n) is 4.70. The zero-order valence-corrected chi connectivity index (χ0v) is 12.3. The van der Waals surface area contributed by atoms with Crippen molar-refractivity contribution in [1.29, 1.82) is 0 Å². The molecule has 0 aliphatic carbocycles. The highest BCUT2D eigenvalue weighted by Crippen LogP contribution is 2.29. The maximum Gasteiger partial charge on any atom is 0.134 e. The summed E-state index contributed by atoms with van der Waals surface area (Å²) < 4.78 is 19.0. The van der Waals surface area contributed by atoms with Gasteiger partial charge in [0, 0.05) is 10.3 Å². The molecular formula is C16H15FN2OS. The Morgan fingerprint density at radius 2 is 1.90 bits per heavy atom. The summed E-state index contributed by atoms with van der Waals surface area (Å²) in [5.74, 6) is 6.05. The molecule has 3 nitrogen and oxygen atoms in total. The first-order chi connectivity index (χ1) is 10.2. The summed E-state index contributed by atoms with van der Waals surface area (Å²) in [5.41, 5.74) is 4.39. The number of furan rings is 1. The van der Waals surface area contributed by atoms with E-state index in [1.165, 1.54) is 17.0 Å². The third-order valence-electron chi connectivity index (χ3n) is 3.40. The van der Waals surface area contributed by atoms with Crippen LogP contribution in [0.3, 0.4) is 0 Å². The van der Waals surface area contributed by atoms with Crippen molar-refractivity contribution < 1.29 is 8.81 Å². The Morgan fingerprint density at radius 1 is 1.14 bits per heavy atom. The molecule has 0 fully saturated rings. The van der Waals surface area contributed by atoms with Gasteiger partial charge in [-0.25, -0.2) is 9.82 Å². The minimum Gasteiger partial charge on any atom is -0.459 e. The topological polar surface area (TPSA) is 51.2 Å². The van der Waals surface area contributed by atoms with E-state index in [0.717, 1.165) is 10.9 Å². The number of benzene rings is 2. The fourth-order valence-electron chi connectivity index (χ4n) is 2.32. The molecule has 0 spiro atoms. The van der Waals surface area contributed by atoms with Crippen molar-refractivity contribution >= 4 is 22.7 Å². The van der Waals surface area contributed by atoms with Gasteiger partial charge in [0.2, 0.25) is 0 Å². The number of nitrogens with two attached hydrogens (primary N) is 1. The van der Waals surface area contributed by atoms with Crippen LogP contribution in [0, 0.1) is 5.82 Å². The summed E-state index contributed by atoms with van der Waals surface area (Å²) >= 11 is 1.68. The van der Waals surface area contributed by atoms with Crippen molar-refractivity contribution in [3.05, 3.63) is 65.7 Å². The fraction of sp³-hybridized carbons (Fsp3) is 0.125. The van der Waals surface area contributed by atoms with E-state index in [9.17, 15) is 4.39 Å². The number of halogens is 1. The van der Waals surface area contributed by atoms with Gasteiger partial charge in [0.15, 0.2) is 0 Å². The van der Waals surface area contributed by atoms with Crippen LogP contribution in [0.2, 0.25) is 0 Å². The van der Waals surface area contributed by atoms with Crippen LogP contribution in [0.15, 0.2) is 57.8 Å². The monoisotopic (exact) mass is 302 g/mol. The van der Waals surface area contributed by atoms with Crippen LogP contribution in [0.1, 0.15) is 17.4 Å². The molecular weight excluding hydrogens is 287 g/mol. The van der Waals surface area contributed by atoms with Crippen molar-refractivity contribution in [1.82, 2.24) is 5.43 Å². The smallest absolute Gasteiger partial charge is 0.134 e. The van der Waals surface area contributed by atoms with E-state index in [1.807, 2.05) is 36.6 Å². The van der Waals surface area contributed by atoms with Gasteiger partial charge in [-0.2, -0.15) is 0 Å². The first-order valence-electron chi connectivity index (χ1n) is 6.50. The van der Waals surface area contributed by atoms with Crippen LogP contribution in [0.5, 0.6) is 0 Å². The third kappa shape index (κ3) is 2.81. The normalized spacial score (nSPS) is 12.7. The van der Waals surface area contributed by atoms with Gasteiger partial charge in [0.25, 0.3) is 0 Å². The van der Waals surface area contributed by atoms with E-state index in [4.69, 9.17) is 10.3 Å². The highest BCUT2D eigenvalue weighted by Gasteiger charge is 2.17. The molecule has 3 rings (SSSR count). The van der Waals surface area contributed by atoms with Gasteiger partial charge in [0.05, 0.1) is 0 Å². The van der Waals surface area contributed by atoms with Crippen LogP contribution in [0.25, 0.3) is 11.0 Å². The number of hydrogen-bond donors (Lipinski definition) is 2. The average Bonchev–Trinajstić information content (AvgIpc) is 2.91. The van der Waals surface area contributed by atoms with Gasteiger partial charge < -0.3 is 4.42 Å². The summed E-state index contributed by atoms with van der Waals surface area (Å²) in [6.07, 6.45) is 2.03. The van der Waals surface area contributed by atoms with Crippen LogP contribution in [-0.4, -0.2) is 6.26 Å². The molecule has 0 bridgehead atoms. The van der Waals surface area contributed by atoms with E-state index >= 15 is 0 Å². The Kier molecular flexibility index (Phi) is 3.96. The Hall–Kier alpha value is -1.82. The number of rotatable bonds is 4. The molecule has 0 radical (unpaired) electrons. The van der Waals surface area contributed by atoms with Crippen molar-refractivity contribution in [3.63, 3.8) is 0 Å². The molecule has 1 aromatic heterocycles. The Bertz CT molecular complexity index is 755. The van der Waals surface area contributed by atoms with E-state index < -0.39 is 0 Å². The summed E-state index contributed by atoms with van der Waals surface area (Å²) in [6.45, 7) is 0. The molecule has 0 saturated carbocycles. The first kappa shape index (κ1) is 14.1. The van der Waals surface area contributed by atoms with Crippen LogP contribution in [0.4, 0.5) is 4.39 Å². The third-order valence-corrected chi connectivity index (χ3v) is 4.14. The molecule has 108 valence electrons. The number of hydrazine groups is 1. The second-order valence-corrected chi connectivity index (χ2v) is 5.58. The molecule has 1 unspecified atom stereocenters. The number of thioether (sulfide) groups is 1. The Morgan fingerprint density at radius 3 is 2.57 bits per heavy atom. The van der Waals surface area contributed by atoms with E-state index in [1.54, 1.807) is 17.8 Å². The molecule has 0 saturated heterocycles. The zero-order chi connectivity index (χ0) is 14.8. The molecule has 3 N–H and O–H groups in total. The predicted octanol–water partition coefficient (Wildman–Crippen LogP) is 3.85. The lowest BCUT2D eigenvalue weighted by Gasteiger charge is -2.14. The molecule has 1 heterocycles. The van der Waals surface area contributed by atoms with Crippen LogP contribution < -0.4 is 11.3 Å². The van der Waals surface area contributed by atoms with E-state index in [-0.39, 0.29) is 11.9 Å². The van der Waals surface area contributed by atoms with Gasteiger partial charge >= 0.3 is 0 Å². The second kappa shape index (κ2) is 5.89. The Labute approximate surface area is 126 Å². The molecule has 0 aliphatic heterocycles. The minimum atomic E-state index is -0.281. The highest BCUT2D eigenvalue weighted by molar-refractivity contribution is 7.98. The SMILES string of the molecule is CSc1ccc(C(NN)c2cc3cc(F)ccc3o2)cc1. The van der Waals surface area contributed by atoms with Crippen LogP contribution in [-0.2, 0) is 0 Å². The molecule has 1 atom stereocenters. The first-order valence-corrected chi connectivity index (χ1v) is 7.73. The lowest BCUT2D eigenvalue weighted by atomic mass is 10.1. The molecule has 0 aliphatic rings. The van der Waals surface area contributed by atoms with Gasteiger partial charge in [-0.15, -0.1) is 11.8 Å². The summed E-state index contributed by atoms with van der Waals surface area (Å²) in [5, 5.41) is 0.728.